The van der Waals surface area contributed by atoms with E-state index in [0.717, 1.165) is 11.1 Å². The fourth-order valence-electron chi connectivity index (χ4n) is 3.00. The summed E-state index contributed by atoms with van der Waals surface area (Å²) in [5.74, 6) is 0.509. The monoisotopic (exact) mass is 391 g/mol. The molecule has 2 heterocycles. The summed E-state index contributed by atoms with van der Waals surface area (Å²) >= 11 is 0. The Balaban J connectivity index is 1.83. The number of aromatic nitrogens is 4. The highest BCUT2D eigenvalue weighted by Crippen LogP contribution is 2.25. The van der Waals surface area contributed by atoms with Crippen LogP contribution in [0.5, 0.6) is 11.6 Å². The van der Waals surface area contributed by atoms with Crippen molar-refractivity contribution < 1.29 is 9.53 Å². The number of hydrogen-bond donors (Lipinski definition) is 1. The number of nitrogens with zero attached hydrogens (tertiary/aromatic N) is 4. The maximum Gasteiger partial charge on any atom is 0.351 e. The van der Waals surface area contributed by atoms with E-state index in [1.165, 1.54) is 4.40 Å². The van der Waals surface area contributed by atoms with Gasteiger partial charge in [-0.1, -0.05) is 37.3 Å². The van der Waals surface area contributed by atoms with Gasteiger partial charge in [0.25, 0.3) is 5.88 Å². The molecule has 0 bridgehead atoms. The van der Waals surface area contributed by atoms with Crippen molar-refractivity contribution in [2.75, 3.05) is 0 Å². The molecule has 0 aliphatic rings. The van der Waals surface area contributed by atoms with Crippen molar-refractivity contribution in [3.8, 4) is 11.6 Å². The molecule has 0 radical (unpaired) electrons. The maximum absolute atomic E-state index is 13.0. The number of ether oxygens (including phenoxy) is 1. The van der Waals surface area contributed by atoms with Crippen LogP contribution in [0.2, 0.25) is 0 Å². The summed E-state index contributed by atoms with van der Waals surface area (Å²) in [6, 6.07) is 16.4. The topological polar surface area (TPSA) is 90.5 Å². The Labute approximate surface area is 166 Å². The Morgan fingerprint density at radius 2 is 1.86 bits per heavy atom. The van der Waals surface area contributed by atoms with Crippen LogP contribution in [0.25, 0.3) is 16.7 Å². The lowest BCUT2D eigenvalue weighted by Gasteiger charge is -2.10. The number of fused-ring (bicyclic) bond motifs is 3. The summed E-state index contributed by atoms with van der Waals surface area (Å²) in [5.41, 5.74) is 1.03. The average molecular weight is 391 g/mol. The molecule has 4 aromatic rings. The quantitative estimate of drug-likeness (QED) is 0.546. The summed E-state index contributed by atoms with van der Waals surface area (Å²) in [5, 5.41) is 7.20. The minimum Gasteiger partial charge on any atom is -0.436 e. The van der Waals surface area contributed by atoms with Crippen molar-refractivity contribution >= 4 is 22.6 Å². The van der Waals surface area contributed by atoms with E-state index in [2.05, 4.69) is 15.4 Å². The van der Waals surface area contributed by atoms with Crippen molar-refractivity contribution in [3.63, 3.8) is 0 Å². The van der Waals surface area contributed by atoms with Crippen LogP contribution in [0, 0.1) is 0 Å². The third-order valence-electron chi connectivity index (χ3n) is 4.65. The van der Waals surface area contributed by atoms with E-state index < -0.39 is 5.69 Å². The van der Waals surface area contributed by atoms with Crippen molar-refractivity contribution in [2.24, 2.45) is 0 Å². The average Bonchev–Trinajstić information content (AvgIpc) is 3.05. The smallest absolute Gasteiger partial charge is 0.351 e. The zero-order chi connectivity index (χ0) is 20.4. The lowest BCUT2D eigenvalue weighted by molar-refractivity contribution is -0.122. The highest BCUT2D eigenvalue weighted by atomic mass is 16.5. The molecular weight excluding hydrogens is 370 g/mol. The molecule has 0 aliphatic heterocycles. The van der Waals surface area contributed by atoms with Gasteiger partial charge in [-0.15, -0.1) is 5.10 Å². The third kappa shape index (κ3) is 3.69. The highest BCUT2D eigenvalue weighted by molar-refractivity contribution is 5.80. The molecule has 0 unspecified atom stereocenters. The molecule has 0 saturated carbocycles. The van der Waals surface area contributed by atoms with Crippen LogP contribution < -0.4 is 15.7 Å². The van der Waals surface area contributed by atoms with E-state index in [9.17, 15) is 9.59 Å². The number of carbonyl (C=O) groups is 1. The van der Waals surface area contributed by atoms with Gasteiger partial charge in [0.1, 0.15) is 12.3 Å². The number of benzene rings is 2. The normalized spacial score (nSPS) is 12.2. The van der Waals surface area contributed by atoms with E-state index in [4.69, 9.17) is 4.74 Å². The van der Waals surface area contributed by atoms with Crippen LogP contribution in [0.3, 0.4) is 0 Å². The second-order valence-corrected chi connectivity index (χ2v) is 6.80. The molecule has 2 aromatic carbocycles. The van der Waals surface area contributed by atoms with Gasteiger partial charge in [-0.3, -0.25) is 4.79 Å². The predicted molar refractivity (Wildman–Crippen MR) is 109 cm³/mol. The molecular formula is C21H21N5O3. The molecule has 0 fully saturated rings. The van der Waals surface area contributed by atoms with Crippen LogP contribution in [-0.2, 0) is 11.3 Å². The van der Waals surface area contributed by atoms with Crippen molar-refractivity contribution in [2.45, 2.75) is 32.9 Å². The molecule has 0 saturated heterocycles. The van der Waals surface area contributed by atoms with E-state index in [1.54, 1.807) is 24.3 Å². The van der Waals surface area contributed by atoms with Crippen molar-refractivity contribution in [1.82, 2.24) is 24.5 Å². The molecule has 8 heteroatoms. The molecule has 29 heavy (non-hydrogen) atoms. The SMILES string of the molecule is CC[C@@H](C)NC(=O)Cn1nc2c(Oc3ccccc3)nc3ccccc3n2c1=O. The summed E-state index contributed by atoms with van der Waals surface area (Å²) < 4.78 is 8.47. The first-order chi connectivity index (χ1) is 14.1. The molecule has 8 nitrogen and oxygen atoms in total. The van der Waals surface area contributed by atoms with Crippen LogP contribution in [0.1, 0.15) is 20.3 Å². The van der Waals surface area contributed by atoms with Crippen molar-refractivity contribution in [3.05, 3.63) is 65.1 Å². The van der Waals surface area contributed by atoms with Gasteiger partial charge in [0.15, 0.2) is 0 Å². The van der Waals surface area contributed by atoms with Gasteiger partial charge in [-0.25, -0.2) is 18.9 Å². The second kappa shape index (κ2) is 7.75. The van der Waals surface area contributed by atoms with Gasteiger partial charge < -0.3 is 10.1 Å². The molecule has 2 aromatic heterocycles. The number of amides is 1. The number of hydrogen-bond acceptors (Lipinski definition) is 5. The zero-order valence-electron chi connectivity index (χ0n) is 16.2. The number of rotatable bonds is 6. The van der Waals surface area contributed by atoms with E-state index in [1.807, 2.05) is 44.2 Å². The third-order valence-corrected chi connectivity index (χ3v) is 4.65. The fraction of sp³-hybridized carbons (Fsp3) is 0.238. The first kappa shape index (κ1) is 18.7. The number of carbonyl (C=O) groups excluding carboxylic acids is 1. The maximum atomic E-state index is 13.0. The summed E-state index contributed by atoms with van der Waals surface area (Å²) in [6.45, 7) is 3.71. The molecule has 1 N–H and O–H groups in total. The van der Waals surface area contributed by atoms with E-state index in [-0.39, 0.29) is 30.0 Å². The lowest BCUT2D eigenvalue weighted by Crippen LogP contribution is -2.37. The highest BCUT2D eigenvalue weighted by Gasteiger charge is 2.19. The summed E-state index contributed by atoms with van der Waals surface area (Å²) in [7, 11) is 0. The summed E-state index contributed by atoms with van der Waals surface area (Å²) in [4.78, 5) is 29.9. The Kier molecular flexibility index (Phi) is 4.99. The van der Waals surface area contributed by atoms with Crippen LogP contribution in [-0.4, -0.2) is 31.1 Å². The van der Waals surface area contributed by atoms with Crippen molar-refractivity contribution in [1.29, 1.82) is 0 Å². The molecule has 0 aliphatic carbocycles. The van der Waals surface area contributed by atoms with Crippen LogP contribution >= 0.6 is 0 Å². The Bertz CT molecular complexity index is 1230. The number of para-hydroxylation sites is 3. The fourth-order valence-corrected chi connectivity index (χ4v) is 3.00. The molecule has 1 atom stereocenters. The van der Waals surface area contributed by atoms with Gasteiger partial charge in [0, 0.05) is 6.04 Å². The molecule has 1 amide bonds. The number of nitrogens with one attached hydrogen (secondary N) is 1. The van der Waals surface area contributed by atoms with E-state index >= 15 is 0 Å². The minimum absolute atomic E-state index is 0.0229. The molecule has 4 rings (SSSR count). The van der Waals surface area contributed by atoms with Gasteiger partial charge in [0.2, 0.25) is 11.6 Å². The van der Waals surface area contributed by atoms with Gasteiger partial charge in [0.05, 0.1) is 11.0 Å². The van der Waals surface area contributed by atoms with Crippen LogP contribution in [0.4, 0.5) is 0 Å². The minimum atomic E-state index is -0.421. The molecule has 148 valence electrons. The Morgan fingerprint density at radius 1 is 1.14 bits per heavy atom. The van der Waals surface area contributed by atoms with Gasteiger partial charge in [-0.05, 0) is 37.6 Å². The van der Waals surface area contributed by atoms with Crippen LogP contribution in [0.15, 0.2) is 59.4 Å². The largest absolute Gasteiger partial charge is 0.436 e. The first-order valence-corrected chi connectivity index (χ1v) is 9.47. The second-order valence-electron chi connectivity index (χ2n) is 6.80. The lowest BCUT2D eigenvalue weighted by atomic mass is 10.2. The summed E-state index contributed by atoms with van der Waals surface area (Å²) in [6.07, 6.45) is 0.801. The predicted octanol–water partition coefficient (Wildman–Crippen LogP) is 2.75. The first-order valence-electron chi connectivity index (χ1n) is 9.47. The zero-order valence-corrected chi connectivity index (χ0v) is 16.2. The standard InChI is InChI=1S/C21H21N5O3/c1-3-14(2)22-18(27)13-25-21(28)26-17-12-8-7-11-16(17)23-20(19(26)24-25)29-15-9-5-4-6-10-15/h4-12,14H,3,13H2,1-2H3,(H,22,27)/t14-/m1/s1. The molecule has 0 spiro atoms. The Morgan fingerprint density at radius 3 is 2.62 bits per heavy atom. The van der Waals surface area contributed by atoms with E-state index in [0.29, 0.717) is 16.8 Å². The van der Waals surface area contributed by atoms with Gasteiger partial charge >= 0.3 is 5.69 Å². The Hall–Kier alpha value is -3.68. The van der Waals surface area contributed by atoms with Gasteiger partial charge in [-0.2, -0.15) is 0 Å².